The minimum absolute atomic E-state index is 0.614. The zero-order chi connectivity index (χ0) is 17.3. The molecule has 6 nitrogen and oxygen atoms in total. The predicted molar refractivity (Wildman–Crippen MR) is 95.2 cm³/mol. The molecule has 1 heterocycles. The molecule has 1 N–H and O–H groups in total. The van der Waals surface area contributed by atoms with Gasteiger partial charge in [0.25, 0.3) is 0 Å². The van der Waals surface area contributed by atoms with E-state index < -0.39 is 6.09 Å². The highest BCUT2D eigenvalue weighted by Crippen LogP contribution is 2.29. The molecule has 24 heavy (non-hydrogen) atoms. The fraction of sp³-hybridized carbons (Fsp3) is 0.167. The molecule has 0 atom stereocenters. The molecule has 0 aliphatic rings. The van der Waals surface area contributed by atoms with Crippen LogP contribution in [0.4, 0.5) is 22.0 Å². The highest BCUT2D eigenvalue weighted by Gasteiger charge is 2.13. The van der Waals surface area contributed by atoms with Crippen molar-refractivity contribution in [1.29, 1.82) is 0 Å². The van der Waals surface area contributed by atoms with Crippen molar-refractivity contribution in [3.05, 3.63) is 54.4 Å². The SMILES string of the molecule is Cc1nc(N(C)c2ccc(N(C)C(=O)O)cc2)c2ccccc2n1. The summed E-state index contributed by atoms with van der Waals surface area (Å²) in [5, 5.41) is 10.0. The quantitative estimate of drug-likeness (QED) is 0.794. The molecule has 3 aromatic rings. The number of fused-ring (bicyclic) bond motifs is 1. The van der Waals surface area contributed by atoms with Gasteiger partial charge in [0, 0.05) is 30.9 Å². The average Bonchev–Trinajstić information content (AvgIpc) is 2.59. The Morgan fingerprint density at radius 2 is 1.58 bits per heavy atom. The highest BCUT2D eigenvalue weighted by molar-refractivity contribution is 5.91. The number of carboxylic acid groups (broad SMARTS) is 1. The van der Waals surface area contributed by atoms with Crippen LogP contribution >= 0.6 is 0 Å². The summed E-state index contributed by atoms with van der Waals surface area (Å²) in [6.45, 7) is 1.87. The van der Waals surface area contributed by atoms with Gasteiger partial charge in [-0.05, 0) is 43.3 Å². The summed E-state index contributed by atoms with van der Waals surface area (Å²) < 4.78 is 0. The van der Waals surface area contributed by atoms with E-state index in [0.717, 1.165) is 22.4 Å². The second-order valence-electron chi connectivity index (χ2n) is 5.53. The number of aromatic nitrogens is 2. The molecule has 3 rings (SSSR count). The Hall–Kier alpha value is -3.15. The van der Waals surface area contributed by atoms with Crippen LogP contribution in [0.25, 0.3) is 10.9 Å². The average molecular weight is 322 g/mol. The van der Waals surface area contributed by atoms with Gasteiger partial charge < -0.3 is 10.0 Å². The van der Waals surface area contributed by atoms with Crippen molar-refractivity contribution in [2.24, 2.45) is 0 Å². The summed E-state index contributed by atoms with van der Waals surface area (Å²) in [4.78, 5) is 23.2. The Morgan fingerprint density at radius 3 is 2.25 bits per heavy atom. The first-order valence-electron chi connectivity index (χ1n) is 7.51. The monoisotopic (exact) mass is 322 g/mol. The zero-order valence-electron chi connectivity index (χ0n) is 13.8. The number of benzene rings is 2. The van der Waals surface area contributed by atoms with E-state index in [4.69, 9.17) is 5.11 Å². The van der Waals surface area contributed by atoms with Gasteiger partial charge in [-0.15, -0.1) is 0 Å². The molecule has 6 heteroatoms. The van der Waals surface area contributed by atoms with Crippen LogP contribution in [0.1, 0.15) is 5.82 Å². The van der Waals surface area contributed by atoms with Gasteiger partial charge in [-0.1, -0.05) is 12.1 Å². The Kier molecular flexibility index (Phi) is 4.04. The summed E-state index contributed by atoms with van der Waals surface area (Å²) >= 11 is 0. The molecule has 1 amide bonds. The number of para-hydroxylation sites is 1. The minimum Gasteiger partial charge on any atom is -0.465 e. The van der Waals surface area contributed by atoms with Gasteiger partial charge in [0.15, 0.2) is 0 Å². The normalized spacial score (nSPS) is 10.6. The summed E-state index contributed by atoms with van der Waals surface area (Å²) in [6, 6.07) is 15.2. The van der Waals surface area contributed by atoms with Crippen LogP contribution in [-0.2, 0) is 0 Å². The molecule has 0 saturated carbocycles. The molecule has 0 bridgehead atoms. The molecular formula is C18H18N4O2. The highest BCUT2D eigenvalue weighted by atomic mass is 16.4. The number of hydrogen-bond acceptors (Lipinski definition) is 4. The van der Waals surface area contributed by atoms with Crippen molar-refractivity contribution in [3.8, 4) is 0 Å². The van der Waals surface area contributed by atoms with E-state index in [2.05, 4.69) is 9.97 Å². The fourth-order valence-corrected chi connectivity index (χ4v) is 2.56. The van der Waals surface area contributed by atoms with E-state index in [-0.39, 0.29) is 0 Å². The zero-order valence-corrected chi connectivity index (χ0v) is 13.8. The van der Waals surface area contributed by atoms with E-state index >= 15 is 0 Å². The molecule has 1 aromatic heterocycles. The predicted octanol–water partition coefficient (Wildman–Crippen LogP) is 3.82. The first kappa shape index (κ1) is 15.7. The van der Waals surface area contributed by atoms with Gasteiger partial charge in [0.1, 0.15) is 11.6 Å². The number of rotatable bonds is 3. The third kappa shape index (κ3) is 2.86. The van der Waals surface area contributed by atoms with Crippen LogP contribution in [0, 0.1) is 6.92 Å². The van der Waals surface area contributed by atoms with Crippen molar-refractivity contribution < 1.29 is 9.90 Å². The lowest BCUT2D eigenvalue weighted by molar-refractivity contribution is 0.203. The number of hydrogen-bond donors (Lipinski definition) is 1. The van der Waals surface area contributed by atoms with Crippen molar-refractivity contribution in [2.45, 2.75) is 6.92 Å². The number of carbonyl (C=O) groups is 1. The third-order valence-corrected chi connectivity index (χ3v) is 3.92. The van der Waals surface area contributed by atoms with Crippen molar-refractivity contribution in [2.75, 3.05) is 23.9 Å². The molecule has 0 aliphatic carbocycles. The number of aryl methyl sites for hydroxylation is 1. The maximum absolute atomic E-state index is 11.0. The summed E-state index contributed by atoms with van der Waals surface area (Å²) in [5.41, 5.74) is 2.43. The summed E-state index contributed by atoms with van der Waals surface area (Å²) in [6.07, 6.45) is -0.992. The van der Waals surface area contributed by atoms with E-state index in [1.807, 2.05) is 55.3 Å². The number of amides is 1. The van der Waals surface area contributed by atoms with Crippen LogP contribution in [-0.4, -0.2) is 35.3 Å². The molecular weight excluding hydrogens is 304 g/mol. The molecule has 0 spiro atoms. The fourth-order valence-electron chi connectivity index (χ4n) is 2.56. The topological polar surface area (TPSA) is 69.6 Å². The summed E-state index contributed by atoms with van der Waals surface area (Å²) in [5.74, 6) is 1.52. The molecule has 0 radical (unpaired) electrons. The molecule has 0 saturated heterocycles. The van der Waals surface area contributed by atoms with E-state index in [1.165, 1.54) is 11.9 Å². The van der Waals surface area contributed by atoms with Crippen LogP contribution < -0.4 is 9.80 Å². The Morgan fingerprint density at radius 1 is 0.958 bits per heavy atom. The van der Waals surface area contributed by atoms with Crippen LogP contribution in [0.15, 0.2) is 48.5 Å². The van der Waals surface area contributed by atoms with E-state index in [1.54, 1.807) is 12.1 Å². The second-order valence-corrected chi connectivity index (χ2v) is 5.53. The third-order valence-electron chi connectivity index (χ3n) is 3.92. The Labute approximate surface area is 140 Å². The van der Waals surface area contributed by atoms with Gasteiger partial charge in [-0.3, -0.25) is 4.90 Å². The maximum Gasteiger partial charge on any atom is 0.411 e. The van der Waals surface area contributed by atoms with E-state index in [0.29, 0.717) is 11.5 Å². The second kappa shape index (κ2) is 6.16. The van der Waals surface area contributed by atoms with E-state index in [9.17, 15) is 4.79 Å². The Balaban J connectivity index is 2.00. The molecule has 122 valence electrons. The first-order chi connectivity index (χ1) is 11.5. The van der Waals surface area contributed by atoms with Gasteiger partial charge >= 0.3 is 6.09 Å². The Bertz CT molecular complexity index is 893. The van der Waals surface area contributed by atoms with Crippen LogP contribution in [0.5, 0.6) is 0 Å². The minimum atomic E-state index is -0.992. The van der Waals surface area contributed by atoms with Crippen molar-refractivity contribution in [1.82, 2.24) is 9.97 Å². The first-order valence-corrected chi connectivity index (χ1v) is 7.51. The smallest absolute Gasteiger partial charge is 0.411 e. The summed E-state index contributed by atoms with van der Waals surface area (Å²) in [7, 11) is 3.45. The van der Waals surface area contributed by atoms with Crippen molar-refractivity contribution in [3.63, 3.8) is 0 Å². The van der Waals surface area contributed by atoms with Gasteiger partial charge in [0.05, 0.1) is 5.52 Å². The van der Waals surface area contributed by atoms with Crippen LogP contribution in [0.3, 0.4) is 0 Å². The largest absolute Gasteiger partial charge is 0.465 e. The number of anilines is 3. The van der Waals surface area contributed by atoms with Gasteiger partial charge in [0.2, 0.25) is 0 Å². The molecule has 0 unspecified atom stereocenters. The molecule has 2 aromatic carbocycles. The number of nitrogens with zero attached hydrogens (tertiary/aromatic N) is 4. The standard InChI is InChI=1S/C18H18N4O2/c1-12-19-16-7-5-4-6-15(16)17(20-12)21(2)13-8-10-14(11-9-13)22(3)18(23)24/h4-11H,1-3H3,(H,23,24). The lowest BCUT2D eigenvalue weighted by atomic mass is 10.2. The molecule has 0 fully saturated rings. The van der Waals surface area contributed by atoms with Gasteiger partial charge in [-0.2, -0.15) is 0 Å². The lowest BCUT2D eigenvalue weighted by Crippen LogP contribution is -2.23. The molecule has 0 aliphatic heterocycles. The van der Waals surface area contributed by atoms with Crippen molar-refractivity contribution >= 4 is 34.2 Å². The van der Waals surface area contributed by atoms with Crippen LogP contribution in [0.2, 0.25) is 0 Å². The maximum atomic E-state index is 11.0. The van der Waals surface area contributed by atoms with Gasteiger partial charge in [-0.25, -0.2) is 14.8 Å². The lowest BCUT2D eigenvalue weighted by Gasteiger charge is -2.21.